The van der Waals surface area contributed by atoms with Gasteiger partial charge in [-0.25, -0.2) is 13.6 Å². The molecule has 2 atom stereocenters. The SMILES string of the molecule is CC.CS(C)(O)N[C@@H]1Cn2c(cn(C3NOc4cc(OC(F)(F)F)cc(-c5c(F)cccc5F)c43)c2=O)C1(F)F. The zero-order valence-corrected chi connectivity index (χ0v) is 22.3. The predicted molar refractivity (Wildman–Crippen MR) is 133 cm³/mol. The highest BCUT2D eigenvalue weighted by atomic mass is 32.3. The van der Waals surface area contributed by atoms with Gasteiger partial charge in [-0.3, -0.25) is 13.9 Å². The van der Waals surface area contributed by atoms with Crippen LogP contribution in [0.4, 0.5) is 30.7 Å². The van der Waals surface area contributed by atoms with Crippen LogP contribution < -0.4 is 25.5 Å². The molecule has 40 heavy (non-hydrogen) atoms. The molecule has 0 aliphatic carbocycles. The fourth-order valence-electron chi connectivity index (χ4n) is 4.56. The average molecular weight is 599 g/mol. The lowest BCUT2D eigenvalue weighted by atomic mass is 9.96. The Balaban J connectivity index is 0.00000181. The van der Waals surface area contributed by atoms with Crippen LogP contribution in [0, 0.1) is 11.6 Å². The van der Waals surface area contributed by atoms with Gasteiger partial charge in [0, 0.05) is 23.4 Å². The van der Waals surface area contributed by atoms with E-state index in [1.165, 1.54) is 12.5 Å². The van der Waals surface area contributed by atoms with E-state index in [9.17, 15) is 31.3 Å². The molecule has 0 bridgehead atoms. The first-order chi connectivity index (χ1) is 18.6. The molecule has 1 unspecified atom stereocenters. The molecule has 16 heteroatoms. The predicted octanol–water partition coefficient (Wildman–Crippen LogP) is 5.48. The second-order valence-corrected chi connectivity index (χ2v) is 11.8. The third kappa shape index (κ3) is 5.40. The van der Waals surface area contributed by atoms with Gasteiger partial charge in [0.2, 0.25) is 0 Å². The Morgan fingerprint density at radius 2 is 1.80 bits per heavy atom. The zero-order chi connectivity index (χ0) is 29.8. The van der Waals surface area contributed by atoms with Gasteiger partial charge in [0.25, 0.3) is 0 Å². The summed E-state index contributed by atoms with van der Waals surface area (Å²) in [6, 6.07) is 2.71. The Bertz CT molecular complexity index is 1460. The van der Waals surface area contributed by atoms with Crippen molar-refractivity contribution in [2.75, 3.05) is 12.5 Å². The molecule has 0 spiro atoms. The van der Waals surface area contributed by atoms with Gasteiger partial charge in [-0.15, -0.1) is 18.7 Å². The largest absolute Gasteiger partial charge is 0.573 e. The summed E-state index contributed by atoms with van der Waals surface area (Å²) in [6.45, 7) is 3.50. The number of alkyl halides is 5. The number of rotatable bonds is 5. The van der Waals surface area contributed by atoms with Crippen LogP contribution in [0.25, 0.3) is 11.1 Å². The highest BCUT2D eigenvalue weighted by Gasteiger charge is 2.52. The molecule has 5 rings (SSSR count). The van der Waals surface area contributed by atoms with Gasteiger partial charge >= 0.3 is 18.0 Å². The summed E-state index contributed by atoms with van der Waals surface area (Å²) in [5.74, 6) is -7.10. The molecule has 2 aliphatic rings. The van der Waals surface area contributed by atoms with E-state index in [0.29, 0.717) is 6.07 Å². The van der Waals surface area contributed by atoms with Crippen LogP contribution in [0.2, 0.25) is 0 Å². The third-order valence-corrected chi connectivity index (χ3v) is 6.85. The van der Waals surface area contributed by atoms with E-state index in [0.717, 1.165) is 39.6 Å². The van der Waals surface area contributed by atoms with Crippen molar-refractivity contribution >= 4 is 10.5 Å². The van der Waals surface area contributed by atoms with Gasteiger partial charge in [-0.1, -0.05) is 30.4 Å². The molecule has 3 heterocycles. The number of nitrogens with zero attached hydrogens (tertiary/aromatic N) is 2. The van der Waals surface area contributed by atoms with Gasteiger partial charge in [-0.05, 0) is 30.7 Å². The molecule has 2 aliphatic heterocycles. The molecule has 8 nitrogen and oxygen atoms in total. The lowest BCUT2D eigenvalue weighted by Crippen LogP contribution is -2.42. The van der Waals surface area contributed by atoms with Crippen molar-refractivity contribution in [3.05, 3.63) is 69.9 Å². The molecule has 0 fully saturated rings. The van der Waals surface area contributed by atoms with Crippen molar-refractivity contribution in [1.29, 1.82) is 0 Å². The first-order valence-electron chi connectivity index (χ1n) is 11.8. The summed E-state index contributed by atoms with van der Waals surface area (Å²) in [5, 5.41) is 0. The molecule has 0 radical (unpaired) electrons. The van der Waals surface area contributed by atoms with Crippen LogP contribution in [0.5, 0.6) is 11.5 Å². The maximum absolute atomic E-state index is 15.2. The number of hydroxylamine groups is 1. The van der Waals surface area contributed by atoms with Crippen LogP contribution >= 0.6 is 10.5 Å². The van der Waals surface area contributed by atoms with Gasteiger partial charge in [0.15, 0.2) is 11.9 Å². The molecule has 3 aromatic rings. The molecule has 3 N–H and O–H groups in total. The number of halogens is 7. The van der Waals surface area contributed by atoms with Crippen LogP contribution in [0.1, 0.15) is 31.3 Å². The summed E-state index contributed by atoms with van der Waals surface area (Å²) < 4.78 is 116. The van der Waals surface area contributed by atoms with E-state index < -0.39 is 81.4 Å². The number of imidazole rings is 1. The maximum atomic E-state index is 15.2. The van der Waals surface area contributed by atoms with Crippen molar-refractivity contribution in [3.63, 3.8) is 0 Å². The molecule has 2 aromatic carbocycles. The number of fused-ring (bicyclic) bond motifs is 2. The number of aromatic nitrogens is 2. The molecule has 220 valence electrons. The maximum Gasteiger partial charge on any atom is 0.573 e. The van der Waals surface area contributed by atoms with E-state index >= 15 is 8.78 Å². The summed E-state index contributed by atoms with van der Waals surface area (Å²) in [5.41, 5.74) is -0.685. The second-order valence-electron chi connectivity index (χ2n) is 9.03. The molecule has 0 amide bonds. The number of hydrogen-bond donors (Lipinski definition) is 3. The fraction of sp³-hybridized carbons (Fsp3) is 0.375. The van der Waals surface area contributed by atoms with Gasteiger partial charge in [0.05, 0.1) is 12.1 Å². The van der Waals surface area contributed by atoms with E-state index in [1.54, 1.807) is 0 Å². The van der Waals surface area contributed by atoms with Crippen molar-refractivity contribution in [3.8, 4) is 22.6 Å². The summed E-state index contributed by atoms with van der Waals surface area (Å²) in [6.07, 6.45) is -3.10. The quantitative estimate of drug-likeness (QED) is 0.337. The minimum Gasteiger partial charge on any atom is -0.406 e. The first kappa shape index (κ1) is 29.8. The standard InChI is InChI=1S/C22H19F7N4O4S.C2H6/c1-38(2,35)31-15-8-32-16(21(15,25)26)9-33(20(32)34)19-18-11(17-12(23)4-3-5-13(17)24)6-10(36-22(27,28)29)7-14(18)37-30-19;1-2/h3-7,9,15,19,30-31,35H,8H2,1-2H3;1-2H3/t15-,19?;/m1./s1. The monoisotopic (exact) mass is 598 g/mol. The summed E-state index contributed by atoms with van der Waals surface area (Å²) >= 11 is 0. The Morgan fingerprint density at radius 3 is 2.35 bits per heavy atom. The second kappa shape index (κ2) is 10.3. The molecule has 0 saturated carbocycles. The highest BCUT2D eigenvalue weighted by Crippen LogP contribution is 2.46. The topological polar surface area (TPSA) is 89.7 Å². The Kier molecular flexibility index (Phi) is 7.68. The molecule has 1 aromatic heterocycles. The number of ether oxygens (including phenoxy) is 1. The van der Waals surface area contributed by atoms with E-state index in [4.69, 9.17) is 4.84 Å². The van der Waals surface area contributed by atoms with Gasteiger partial charge < -0.3 is 14.1 Å². The Morgan fingerprint density at radius 1 is 1.18 bits per heavy atom. The van der Waals surface area contributed by atoms with Crippen LogP contribution in [-0.2, 0) is 12.5 Å². The average Bonchev–Trinajstić information content (AvgIpc) is 3.46. The third-order valence-electron chi connectivity index (χ3n) is 5.99. The number of nitrogens with one attached hydrogen (secondary N) is 2. The molecular formula is C24H25F7N4O4S. The van der Waals surface area contributed by atoms with Crippen molar-refractivity contribution in [2.45, 2.75) is 44.9 Å². The van der Waals surface area contributed by atoms with E-state index in [-0.39, 0.29) is 11.3 Å². The van der Waals surface area contributed by atoms with Crippen molar-refractivity contribution in [2.24, 2.45) is 0 Å². The lowest BCUT2D eigenvalue weighted by molar-refractivity contribution is -0.274. The van der Waals surface area contributed by atoms with E-state index in [2.05, 4.69) is 14.9 Å². The van der Waals surface area contributed by atoms with Gasteiger partial charge in [0.1, 0.15) is 29.1 Å². The normalized spacial score (nSPS) is 19.8. The van der Waals surface area contributed by atoms with Crippen molar-refractivity contribution < 1.29 is 44.9 Å². The minimum absolute atomic E-state index is 0.186. The lowest BCUT2D eigenvalue weighted by Gasteiger charge is -2.31. The van der Waals surface area contributed by atoms with Crippen molar-refractivity contribution in [1.82, 2.24) is 19.3 Å². The zero-order valence-electron chi connectivity index (χ0n) is 21.4. The number of hydrogen-bond acceptors (Lipinski definition) is 6. The first-order valence-corrected chi connectivity index (χ1v) is 14.2. The Labute approximate surface area is 224 Å². The highest BCUT2D eigenvalue weighted by molar-refractivity contribution is 8.26. The summed E-state index contributed by atoms with van der Waals surface area (Å²) in [4.78, 5) is 18.4. The van der Waals surface area contributed by atoms with Crippen LogP contribution in [-0.4, -0.2) is 38.6 Å². The smallest absolute Gasteiger partial charge is 0.406 e. The van der Waals surface area contributed by atoms with Crippen LogP contribution in [0.15, 0.2) is 41.3 Å². The van der Waals surface area contributed by atoms with E-state index in [1.807, 2.05) is 13.8 Å². The fourth-order valence-corrected chi connectivity index (χ4v) is 5.48. The molecular weight excluding hydrogens is 573 g/mol. The Hall–Kier alpha value is -3.21. The number of benzene rings is 2. The minimum atomic E-state index is -5.15. The molecule has 0 saturated heterocycles. The summed E-state index contributed by atoms with van der Waals surface area (Å²) in [7, 11) is -2.56. The van der Waals surface area contributed by atoms with Gasteiger partial charge in [-0.2, -0.15) is 8.78 Å². The van der Waals surface area contributed by atoms with Crippen LogP contribution in [0.3, 0.4) is 0 Å².